The number of morpholine rings is 1. The van der Waals surface area contributed by atoms with Gasteiger partial charge >= 0.3 is 0 Å². The topological polar surface area (TPSA) is 64.5 Å². The molecule has 122 valence electrons. The first-order valence-electron chi connectivity index (χ1n) is 7.82. The van der Waals surface area contributed by atoms with E-state index >= 15 is 0 Å². The number of ether oxygens (including phenoxy) is 1. The van der Waals surface area contributed by atoms with Gasteiger partial charge in [-0.2, -0.15) is 0 Å². The number of nitrogen functional groups attached to an aromatic ring is 2. The predicted octanol–water partition coefficient (Wildman–Crippen LogP) is 3.04. The lowest BCUT2D eigenvalue weighted by molar-refractivity contribution is 0.0315. The molecule has 2 atom stereocenters. The van der Waals surface area contributed by atoms with Crippen molar-refractivity contribution < 1.29 is 4.74 Å². The van der Waals surface area contributed by atoms with Crippen LogP contribution in [0.3, 0.4) is 0 Å². The van der Waals surface area contributed by atoms with E-state index in [0.29, 0.717) is 11.4 Å². The second kappa shape index (κ2) is 7.34. The Bertz CT molecular complexity index is 644. The van der Waals surface area contributed by atoms with Crippen LogP contribution in [-0.2, 0) is 4.74 Å². The van der Waals surface area contributed by atoms with Crippen molar-refractivity contribution in [3.63, 3.8) is 0 Å². The van der Waals surface area contributed by atoms with Crippen molar-refractivity contribution in [1.82, 2.24) is 4.90 Å². The molecule has 0 spiro atoms. The largest absolute Gasteiger partial charge is 0.397 e. The molecule has 3 rings (SSSR count). The monoisotopic (exact) mass is 375 g/mol. The molecule has 23 heavy (non-hydrogen) atoms. The Morgan fingerprint density at radius 2 is 1.61 bits per heavy atom. The van der Waals surface area contributed by atoms with E-state index in [0.717, 1.165) is 31.9 Å². The summed E-state index contributed by atoms with van der Waals surface area (Å²) in [5, 5.41) is 0. The van der Waals surface area contributed by atoms with E-state index < -0.39 is 0 Å². The first-order valence-corrected chi connectivity index (χ1v) is 8.74. The average molecular weight is 376 g/mol. The predicted molar refractivity (Wildman–Crippen MR) is 98.7 cm³/mol. The molecule has 0 saturated carbocycles. The van der Waals surface area contributed by atoms with Crippen molar-refractivity contribution in [2.75, 3.05) is 37.8 Å². The van der Waals surface area contributed by atoms with Crippen LogP contribution in [0.5, 0.6) is 0 Å². The maximum atomic E-state index is 6.04. The number of hydrogen-bond acceptors (Lipinski definition) is 4. The van der Waals surface area contributed by atoms with Gasteiger partial charge in [-0.05, 0) is 23.3 Å². The molecule has 1 saturated heterocycles. The zero-order chi connectivity index (χ0) is 16.2. The van der Waals surface area contributed by atoms with E-state index in [4.69, 9.17) is 16.2 Å². The van der Waals surface area contributed by atoms with E-state index in [1.807, 2.05) is 18.2 Å². The van der Waals surface area contributed by atoms with E-state index in [1.54, 1.807) is 0 Å². The summed E-state index contributed by atoms with van der Waals surface area (Å²) < 4.78 is 5.48. The Morgan fingerprint density at radius 3 is 2.26 bits per heavy atom. The molecule has 1 aliphatic heterocycles. The first-order chi connectivity index (χ1) is 11.2. The van der Waals surface area contributed by atoms with Crippen LogP contribution in [0, 0.1) is 0 Å². The van der Waals surface area contributed by atoms with Crippen LogP contribution in [0.15, 0.2) is 48.5 Å². The van der Waals surface area contributed by atoms with E-state index in [1.165, 1.54) is 5.56 Å². The van der Waals surface area contributed by atoms with Crippen LogP contribution in [0.4, 0.5) is 11.4 Å². The SMILES string of the molecule is Nc1ccc(C(c2ccccc2)C(Br)N2CCOCC2)cc1N. The highest BCUT2D eigenvalue weighted by Gasteiger charge is 2.29. The highest BCUT2D eigenvalue weighted by atomic mass is 79.9. The Hall–Kier alpha value is -1.56. The maximum absolute atomic E-state index is 6.04. The summed E-state index contributed by atoms with van der Waals surface area (Å²) in [5.41, 5.74) is 15.6. The third kappa shape index (κ3) is 3.68. The molecule has 1 aliphatic rings. The number of benzene rings is 2. The fourth-order valence-corrected chi connectivity index (χ4v) is 4.01. The van der Waals surface area contributed by atoms with Crippen molar-refractivity contribution in [3.8, 4) is 0 Å². The van der Waals surface area contributed by atoms with E-state index in [2.05, 4.69) is 51.2 Å². The summed E-state index contributed by atoms with van der Waals surface area (Å²) in [6.07, 6.45) is 0. The maximum Gasteiger partial charge on any atom is 0.0767 e. The van der Waals surface area contributed by atoms with Gasteiger partial charge in [0.05, 0.1) is 29.5 Å². The number of alkyl halides is 1. The molecule has 0 bridgehead atoms. The molecule has 0 amide bonds. The molecule has 2 aromatic rings. The molecule has 2 unspecified atom stereocenters. The molecular formula is C18H22BrN3O. The minimum absolute atomic E-state index is 0.178. The molecule has 0 aromatic heterocycles. The minimum Gasteiger partial charge on any atom is -0.397 e. The summed E-state index contributed by atoms with van der Waals surface area (Å²) in [5.74, 6) is 0.178. The molecule has 1 heterocycles. The molecular weight excluding hydrogens is 354 g/mol. The lowest BCUT2D eigenvalue weighted by atomic mass is 9.90. The summed E-state index contributed by atoms with van der Waals surface area (Å²) >= 11 is 3.92. The number of nitrogens with zero attached hydrogens (tertiary/aromatic N) is 1. The summed E-state index contributed by atoms with van der Waals surface area (Å²) in [7, 11) is 0. The Labute approximate surface area is 145 Å². The van der Waals surface area contributed by atoms with Crippen molar-refractivity contribution in [2.24, 2.45) is 0 Å². The second-order valence-electron chi connectivity index (χ2n) is 5.80. The average Bonchev–Trinajstić information content (AvgIpc) is 2.60. The second-order valence-corrected chi connectivity index (χ2v) is 6.74. The van der Waals surface area contributed by atoms with E-state index in [-0.39, 0.29) is 10.9 Å². The van der Waals surface area contributed by atoms with Crippen molar-refractivity contribution in [3.05, 3.63) is 59.7 Å². The van der Waals surface area contributed by atoms with Gasteiger partial charge in [0, 0.05) is 19.0 Å². The van der Waals surface area contributed by atoms with Gasteiger partial charge < -0.3 is 16.2 Å². The number of hydrogen-bond donors (Lipinski definition) is 2. The number of nitrogens with two attached hydrogens (primary N) is 2. The minimum atomic E-state index is 0.178. The summed E-state index contributed by atoms with van der Waals surface area (Å²) in [6, 6.07) is 16.4. The molecule has 4 nitrogen and oxygen atoms in total. The molecule has 2 aromatic carbocycles. The van der Waals surface area contributed by atoms with E-state index in [9.17, 15) is 0 Å². The van der Waals surface area contributed by atoms with Crippen LogP contribution < -0.4 is 11.5 Å². The summed E-state index contributed by atoms with van der Waals surface area (Å²) in [6.45, 7) is 3.38. The third-order valence-electron chi connectivity index (χ3n) is 4.30. The molecule has 0 radical (unpaired) electrons. The van der Waals surface area contributed by atoms with Gasteiger partial charge in [-0.3, -0.25) is 4.90 Å². The fraction of sp³-hybridized carbons (Fsp3) is 0.333. The van der Waals surface area contributed by atoms with Crippen LogP contribution in [0.1, 0.15) is 17.0 Å². The Morgan fingerprint density at radius 1 is 0.913 bits per heavy atom. The van der Waals surface area contributed by atoms with Gasteiger partial charge in [-0.1, -0.05) is 52.3 Å². The van der Waals surface area contributed by atoms with Crippen LogP contribution >= 0.6 is 15.9 Å². The number of halogens is 1. The standard InChI is InChI=1S/C18H22BrN3O/c19-18(22-8-10-23-11-9-22)17(13-4-2-1-3-5-13)14-6-7-15(20)16(21)12-14/h1-7,12,17-18H,8-11,20-21H2. The van der Waals surface area contributed by atoms with Gasteiger partial charge in [0.25, 0.3) is 0 Å². The fourth-order valence-electron chi connectivity index (χ4n) is 2.99. The van der Waals surface area contributed by atoms with Gasteiger partial charge in [0.2, 0.25) is 0 Å². The first kappa shape index (κ1) is 16.3. The zero-order valence-corrected chi connectivity index (χ0v) is 14.6. The Kier molecular flexibility index (Phi) is 5.20. The Balaban J connectivity index is 1.97. The molecule has 5 heteroatoms. The van der Waals surface area contributed by atoms with Crippen molar-refractivity contribution in [2.45, 2.75) is 10.9 Å². The number of rotatable bonds is 4. The van der Waals surface area contributed by atoms with Gasteiger partial charge in [0.1, 0.15) is 0 Å². The molecule has 0 aliphatic carbocycles. The van der Waals surface area contributed by atoms with Gasteiger partial charge in [0.15, 0.2) is 0 Å². The normalized spacial score (nSPS) is 18.5. The lowest BCUT2D eigenvalue weighted by Gasteiger charge is -2.36. The van der Waals surface area contributed by atoms with Gasteiger partial charge in [-0.25, -0.2) is 0 Å². The van der Waals surface area contributed by atoms with Crippen LogP contribution in [0.2, 0.25) is 0 Å². The lowest BCUT2D eigenvalue weighted by Crippen LogP contribution is -2.43. The quantitative estimate of drug-likeness (QED) is 0.489. The van der Waals surface area contributed by atoms with Crippen LogP contribution in [0.25, 0.3) is 0 Å². The highest BCUT2D eigenvalue weighted by molar-refractivity contribution is 9.09. The smallest absolute Gasteiger partial charge is 0.0767 e. The van der Waals surface area contributed by atoms with Crippen LogP contribution in [-0.4, -0.2) is 36.2 Å². The van der Waals surface area contributed by atoms with Gasteiger partial charge in [-0.15, -0.1) is 0 Å². The third-order valence-corrected chi connectivity index (χ3v) is 5.41. The number of anilines is 2. The zero-order valence-electron chi connectivity index (χ0n) is 13.0. The van der Waals surface area contributed by atoms with Crippen molar-refractivity contribution in [1.29, 1.82) is 0 Å². The summed E-state index contributed by atoms with van der Waals surface area (Å²) in [4.78, 5) is 2.59. The highest BCUT2D eigenvalue weighted by Crippen LogP contribution is 2.36. The molecule has 4 N–H and O–H groups in total. The molecule has 1 fully saturated rings. The van der Waals surface area contributed by atoms with Crippen molar-refractivity contribution >= 4 is 27.3 Å².